The van der Waals surface area contributed by atoms with Crippen molar-refractivity contribution in [2.45, 2.75) is 26.2 Å². The average molecular weight is 154 g/mol. The summed E-state index contributed by atoms with van der Waals surface area (Å²) in [5.41, 5.74) is 0. The first kappa shape index (κ1) is 9.90. The SMILES string of the molecule is CCCCC#C/C=C/C(=O)F. The third-order valence-corrected chi connectivity index (χ3v) is 1.06. The van der Waals surface area contributed by atoms with E-state index < -0.39 is 6.04 Å². The van der Waals surface area contributed by atoms with Crippen molar-refractivity contribution in [1.29, 1.82) is 0 Å². The fourth-order valence-corrected chi connectivity index (χ4v) is 0.503. The molecule has 0 aromatic rings. The zero-order chi connectivity index (χ0) is 8.53. The third-order valence-electron chi connectivity index (χ3n) is 1.06. The Labute approximate surface area is 66.3 Å². The fraction of sp³-hybridized carbons (Fsp3) is 0.444. The molecule has 0 aliphatic rings. The molecule has 0 aliphatic carbocycles. The van der Waals surface area contributed by atoms with Gasteiger partial charge in [-0.1, -0.05) is 25.2 Å². The smallest absolute Gasteiger partial charge is 0.256 e. The highest BCUT2D eigenvalue weighted by molar-refractivity contribution is 5.81. The van der Waals surface area contributed by atoms with Crippen LogP contribution < -0.4 is 0 Å². The molecule has 0 atom stereocenters. The Morgan fingerprint density at radius 2 is 2.36 bits per heavy atom. The number of carbonyl (C=O) groups excluding carboxylic acids is 1. The van der Waals surface area contributed by atoms with Crippen LogP contribution in [0.1, 0.15) is 26.2 Å². The molecule has 1 nitrogen and oxygen atoms in total. The first-order chi connectivity index (χ1) is 5.27. The van der Waals surface area contributed by atoms with Gasteiger partial charge < -0.3 is 0 Å². The van der Waals surface area contributed by atoms with Gasteiger partial charge in [-0.25, -0.2) is 0 Å². The minimum absolute atomic E-state index is 0.807. The van der Waals surface area contributed by atoms with E-state index in [-0.39, 0.29) is 0 Å². The molecule has 0 aromatic heterocycles. The lowest BCUT2D eigenvalue weighted by atomic mass is 10.2. The minimum atomic E-state index is -1.45. The van der Waals surface area contributed by atoms with Gasteiger partial charge in [-0.05, 0) is 12.5 Å². The summed E-state index contributed by atoms with van der Waals surface area (Å²) >= 11 is 0. The van der Waals surface area contributed by atoms with Gasteiger partial charge in [0, 0.05) is 12.5 Å². The van der Waals surface area contributed by atoms with Crippen molar-refractivity contribution >= 4 is 6.04 Å². The monoisotopic (exact) mass is 154 g/mol. The van der Waals surface area contributed by atoms with Gasteiger partial charge in [-0.15, -0.1) is 0 Å². The first-order valence-electron chi connectivity index (χ1n) is 3.61. The van der Waals surface area contributed by atoms with Gasteiger partial charge in [-0.3, -0.25) is 4.79 Å². The lowest BCUT2D eigenvalue weighted by Crippen LogP contribution is -1.74. The summed E-state index contributed by atoms with van der Waals surface area (Å²) in [5, 5.41) is 0. The molecule has 0 rings (SSSR count). The van der Waals surface area contributed by atoms with Gasteiger partial charge in [0.25, 0.3) is 0 Å². The predicted molar refractivity (Wildman–Crippen MR) is 42.6 cm³/mol. The molecule has 0 unspecified atom stereocenters. The van der Waals surface area contributed by atoms with Gasteiger partial charge in [0.2, 0.25) is 0 Å². The van der Waals surface area contributed by atoms with E-state index in [0.717, 1.165) is 25.3 Å². The lowest BCUT2D eigenvalue weighted by molar-refractivity contribution is -0.124. The van der Waals surface area contributed by atoms with E-state index in [9.17, 15) is 9.18 Å². The van der Waals surface area contributed by atoms with Crippen LogP contribution in [0, 0.1) is 11.8 Å². The van der Waals surface area contributed by atoms with Crippen LogP contribution in [0.25, 0.3) is 0 Å². The van der Waals surface area contributed by atoms with Gasteiger partial charge in [0.05, 0.1) is 0 Å². The largest absolute Gasteiger partial charge is 0.325 e. The van der Waals surface area contributed by atoms with Crippen LogP contribution in [0.3, 0.4) is 0 Å². The Balaban J connectivity index is 3.47. The molecule has 0 fully saturated rings. The molecular formula is C9H11FO. The van der Waals surface area contributed by atoms with E-state index >= 15 is 0 Å². The number of allylic oxidation sites excluding steroid dienone is 2. The quantitative estimate of drug-likeness (QED) is 0.263. The van der Waals surface area contributed by atoms with E-state index in [1.54, 1.807) is 0 Å². The Morgan fingerprint density at radius 1 is 1.64 bits per heavy atom. The van der Waals surface area contributed by atoms with E-state index in [0.29, 0.717) is 0 Å². The Morgan fingerprint density at radius 3 is 2.91 bits per heavy atom. The van der Waals surface area contributed by atoms with Crippen LogP contribution in [0.15, 0.2) is 12.2 Å². The van der Waals surface area contributed by atoms with Crippen molar-refractivity contribution < 1.29 is 9.18 Å². The molecule has 0 spiro atoms. The lowest BCUT2D eigenvalue weighted by Gasteiger charge is -1.81. The van der Waals surface area contributed by atoms with Crippen LogP contribution in [-0.2, 0) is 4.79 Å². The standard InChI is InChI=1S/C9H11FO/c1-2-3-4-5-6-7-8-9(10)11/h7-8H,2-4H2,1H3/b8-7+. The van der Waals surface area contributed by atoms with Crippen LogP contribution in [0.2, 0.25) is 0 Å². The van der Waals surface area contributed by atoms with Gasteiger partial charge in [0.1, 0.15) is 0 Å². The van der Waals surface area contributed by atoms with Crippen LogP contribution >= 0.6 is 0 Å². The van der Waals surface area contributed by atoms with Crippen molar-refractivity contribution in [3.8, 4) is 11.8 Å². The van der Waals surface area contributed by atoms with Gasteiger partial charge in [0.15, 0.2) is 0 Å². The van der Waals surface area contributed by atoms with E-state index in [1.165, 1.54) is 6.08 Å². The zero-order valence-electron chi connectivity index (χ0n) is 6.56. The second kappa shape index (κ2) is 7.01. The number of unbranched alkanes of at least 4 members (excludes halogenated alkanes) is 2. The number of hydrogen-bond donors (Lipinski definition) is 0. The third kappa shape index (κ3) is 8.90. The van der Waals surface area contributed by atoms with Gasteiger partial charge in [-0.2, -0.15) is 4.39 Å². The maximum Gasteiger partial charge on any atom is 0.325 e. The molecule has 0 radical (unpaired) electrons. The summed E-state index contributed by atoms with van der Waals surface area (Å²) in [6, 6.07) is -1.45. The molecule has 0 saturated carbocycles. The molecule has 0 bridgehead atoms. The number of hydrogen-bond acceptors (Lipinski definition) is 1. The zero-order valence-corrected chi connectivity index (χ0v) is 6.56. The van der Waals surface area contributed by atoms with Crippen molar-refractivity contribution in [3.05, 3.63) is 12.2 Å². The molecule has 2 heteroatoms. The summed E-state index contributed by atoms with van der Waals surface area (Å²) in [7, 11) is 0. The highest BCUT2D eigenvalue weighted by atomic mass is 19.1. The molecule has 0 heterocycles. The van der Waals surface area contributed by atoms with Crippen LogP contribution in [-0.4, -0.2) is 6.04 Å². The Kier molecular flexibility index (Phi) is 6.31. The van der Waals surface area contributed by atoms with Crippen LogP contribution in [0.4, 0.5) is 4.39 Å². The molecule has 0 N–H and O–H groups in total. The summed E-state index contributed by atoms with van der Waals surface area (Å²) in [6.07, 6.45) is 5.00. The molecule has 0 amide bonds. The summed E-state index contributed by atoms with van der Waals surface area (Å²) in [5.74, 6) is 5.35. The number of carbonyl (C=O) groups is 1. The topological polar surface area (TPSA) is 17.1 Å². The second-order valence-electron chi connectivity index (χ2n) is 2.06. The van der Waals surface area contributed by atoms with Gasteiger partial charge >= 0.3 is 6.04 Å². The van der Waals surface area contributed by atoms with Crippen molar-refractivity contribution in [1.82, 2.24) is 0 Å². The van der Waals surface area contributed by atoms with Crippen LogP contribution in [0.5, 0.6) is 0 Å². The maximum atomic E-state index is 11.5. The first-order valence-corrected chi connectivity index (χ1v) is 3.61. The highest BCUT2D eigenvalue weighted by Gasteiger charge is 1.82. The molecule has 11 heavy (non-hydrogen) atoms. The Hall–Kier alpha value is -1.10. The normalized spacial score (nSPS) is 9.27. The van der Waals surface area contributed by atoms with Crippen molar-refractivity contribution in [3.63, 3.8) is 0 Å². The molecule has 0 aliphatic heterocycles. The summed E-state index contributed by atoms with van der Waals surface area (Å²) < 4.78 is 11.5. The Bertz CT molecular complexity index is 195. The predicted octanol–water partition coefficient (Wildman–Crippen LogP) is 2.23. The molecule has 0 aromatic carbocycles. The van der Waals surface area contributed by atoms with Crippen molar-refractivity contribution in [2.24, 2.45) is 0 Å². The summed E-state index contributed by atoms with van der Waals surface area (Å²) in [4.78, 5) is 9.71. The molecular weight excluding hydrogens is 143 g/mol. The number of halogens is 1. The molecule has 0 saturated heterocycles. The second-order valence-corrected chi connectivity index (χ2v) is 2.06. The fourth-order valence-electron chi connectivity index (χ4n) is 0.503. The molecule has 60 valence electrons. The summed E-state index contributed by atoms with van der Waals surface area (Å²) in [6.45, 7) is 2.07. The number of rotatable bonds is 3. The average Bonchev–Trinajstić information content (AvgIpc) is 1.96. The van der Waals surface area contributed by atoms with Crippen molar-refractivity contribution in [2.75, 3.05) is 0 Å². The van der Waals surface area contributed by atoms with E-state index in [4.69, 9.17) is 0 Å². The highest BCUT2D eigenvalue weighted by Crippen LogP contribution is 1.90. The van der Waals surface area contributed by atoms with E-state index in [1.807, 2.05) is 0 Å². The minimum Gasteiger partial charge on any atom is -0.256 e. The maximum absolute atomic E-state index is 11.5. The van der Waals surface area contributed by atoms with E-state index in [2.05, 4.69) is 18.8 Å².